The lowest BCUT2D eigenvalue weighted by molar-refractivity contribution is 0.477. The molecule has 0 bridgehead atoms. The summed E-state index contributed by atoms with van der Waals surface area (Å²) in [6, 6.07) is 51.3. The molecule has 2 heterocycles. The maximum absolute atomic E-state index is 6.19. The van der Waals surface area contributed by atoms with Crippen LogP contribution in [0, 0.1) is 0 Å². The second-order valence-corrected chi connectivity index (χ2v) is 9.84. The molecule has 3 nitrogen and oxygen atoms in total. The molecule has 8 rings (SSSR count). The van der Waals surface area contributed by atoms with Gasteiger partial charge in [-0.05, 0) is 77.9 Å². The number of para-hydroxylation sites is 6. The minimum Gasteiger partial charge on any atom is -0.453 e. The Hall–Kier alpha value is -5.28. The van der Waals surface area contributed by atoms with E-state index in [4.69, 9.17) is 4.74 Å². The highest BCUT2D eigenvalue weighted by Crippen LogP contribution is 2.50. The lowest BCUT2D eigenvalue weighted by atomic mass is 10.0. The Bertz CT molecular complexity index is 1940. The fourth-order valence-corrected chi connectivity index (χ4v) is 5.79. The maximum atomic E-state index is 6.19. The molecule has 7 aromatic rings. The highest BCUT2D eigenvalue weighted by Gasteiger charge is 2.25. The van der Waals surface area contributed by atoms with Crippen molar-refractivity contribution in [2.75, 3.05) is 4.90 Å². The van der Waals surface area contributed by atoms with Crippen LogP contribution in [0.1, 0.15) is 13.8 Å². The van der Waals surface area contributed by atoms with Gasteiger partial charge in [-0.3, -0.25) is 0 Å². The van der Waals surface area contributed by atoms with Crippen LogP contribution in [0.15, 0.2) is 146 Å². The summed E-state index contributed by atoms with van der Waals surface area (Å²) in [5.41, 5.74) is 9.17. The molecule has 0 aliphatic carbocycles. The number of fused-ring (bicyclic) bond motifs is 5. The third-order valence-corrected chi connectivity index (χ3v) is 7.58. The van der Waals surface area contributed by atoms with E-state index in [9.17, 15) is 0 Å². The quantitative estimate of drug-likeness (QED) is 0.226. The predicted molar refractivity (Wildman–Crippen MR) is 172 cm³/mol. The molecule has 0 amide bonds. The number of nitrogens with zero attached hydrogens (tertiary/aromatic N) is 2. The molecule has 1 aliphatic heterocycles. The first-order chi connectivity index (χ1) is 20.3. The van der Waals surface area contributed by atoms with Gasteiger partial charge >= 0.3 is 0 Å². The average Bonchev–Trinajstić information content (AvgIpc) is 3.39. The first-order valence-electron chi connectivity index (χ1n) is 14.2. The van der Waals surface area contributed by atoms with Crippen molar-refractivity contribution in [1.82, 2.24) is 4.57 Å². The van der Waals surface area contributed by atoms with Crippen LogP contribution in [0.2, 0.25) is 0 Å². The van der Waals surface area contributed by atoms with E-state index in [2.05, 4.69) is 131 Å². The van der Waals surface area contributed by atoms with E-state index in [1.807, 2.05) is 38.1 Å². The Morgan fingerprint density at radius 2 is 1.00 bits per heavy atom. The third kappa shape index (κ3) is 4.14. The lowest BCUT2D eigenvalue weighted by Gasteiger charge is -2.32. The van der Waals surface area contributed by atoms with Gasteiger partial charge in [-0.1, -0.05) is 92.7 Å². The second kappa shape index (κ2) is 10.4. The van der Waals surface area contributed by atoms with Crippen LogP contribution in [-0.4, -0.2) is 4.57 Å². The molecule has 0 saturated carbocycles. The van der Waals surface area contributed by atoms with Crippen molar-refractivity contribution in [2.24, 2.45) is 0 Å². The van der Waals surface area contributed by atoms with E-state index < -0.39 is 0 Å². The van der Waals surface area contributed by atoms with E-state index in [1.165, 1.54) is 38.6 Å². The van der Waals surface area contributed by atoms with Crippen molar-refractivity contribution in [3.05, 3.63) is 146 Å². The third-order valence-electron chi connectivity index (χ3n) is 7.58. The summed E-state index contributed by atoms with van der Waals surface area (Å²) in [6.45, 7) is 4.00. The van der Waals surface area contributed by atoms with E-state index in [0.29, 0.717) is 0 Å². The van der Waals surface area contributed by atoms with Crippen LogP contribution < -0.4 is 9.64 Å². The minimum atomic E-state index is 0.862. The number of rotatable bonds is 3. The van der Waals surface area contributed by atoms with Gasteiger partial charge < -0.3 is 14.2 Å². The Morgan fingerprint density at radius 3 is 1.71 bits per heavy atom. The van der Waals surface area contributed by atoms with Gasteiger partial charge in [0.25, 0.3) is 0 Å². The summed E-state index contributed by atoms with van der Waals surface area (Å²) < 4.78 is 8.54. The molecule has 0 radical (unpaired) electrons. The van der Waals surface area contributed by atoms with Crippen LogP contribution in [0.4, 0.5) is 17.1 Å². The summed E-state index contributed by atoms with van der Waals surface area (Å²) in [4.78, 5) is 2.27. The van der Waals surface area contributed by atoms with Crippen molar-refractivity contribution < 1.29 is 4.74 Å². The summed E-state index contributed by atoms with van der Waals surface area (Å²) in [5.74, 6) is 1.72. The molecular formula is C38H30N2O. The predicted octanol–water partition coefficient (Wildman–Crippen LogP) is 11.1. The highest BCUT2D eigenvalue weighted by atomic mass is 16.5. The monoisotopic (exact) mass is 530 g/mol. The van der Waals surface area contributed by atoms with Gasteiger partial charge in [-0.2, -0.15) is 0 Å². The summed E-state index contributed by atoms with van der Waals surface area (Å²) >= 11 is 0. The Balaban J connectivity index is 0.00000135. The summed E-state index contributed by atoms with van der Waals surface area (Å²) in [7, 11) is 0. The molecule has 3 heteroatoms. The average molecular weight is 531 g/mol. The van der Waals surface area contributed by atoms with Gasteiger partial charge in [0.2, 0.25) is 0 Å². The fraction of sp³-hybridized carbons (Fsp3) is 0.0526. The lowest BCUT2D eigenvalue weighted by Crippen LogP contribution is -2.15. The zero-order valence-corrected chi connectivity index (χ0v) is 23.2. The molecule has 198 valence electrons. The summed E-state index contributed by atoms with van der Waals surface area (Å²) in [6.07, 6.45) is 0. The SMILES string of the molecule is CC.c1ccc(-n2c3ccccc3c3cc(-c4ccc(N5c6ccccc6Oc6ccccc65)cc4)ccc32)cc1. The number of benzene rings is 6. The van der Waals surface area contributed by atoms with Crippen molar-refractivity contribution in [1.29, 1.82) is 0 Å². The molecule has 41 heavy (non-hydrogen) atoms. The normalized spacial score (nSPS) is 11.8. The van der Waals surface area contributed by atoms with E-state index in [0.717, 1.165) is 28.6 Å². The molecule has 0 fully saturated rings. The van der Waals surface area contributed by atoms with Crippen LogP contribution in [0.5, 0.6) is 11.5 Å². The smallest absolute Gasteiger partial charge is 0.151 e. The van der Waals surface area contributed by atoms with E-state index >= 15 is 0 Å². The van der Waals surface area contributed by atoms with Gasteiger partial charge in [0.05, 0.1) is 22.4 Å². The Morgan fingerprint density at radius 1 is 0.439 bits per heavy atom. The largest absolute Gasteiger partial charge is 0.453 e. The van der Waals surface area contributed by atoms with Crippen LogP contribution in [-0.2, 0) is 0 Å². The molecule has 0 unspecified atom stereocenters. The fourth-order valence-electron chi connectivity index (χ4n) is 5.79. The molecule has 0 saturated heterocycles. The van der Waals surface area contributed by atoms with E-state index in [-0.39, 0.29) is 0 Å². The molecular weight excluding hydrogens is 500 g/mol. The van der Waals surface area contributed by atoms with Gasteiger partial charge in [-0.15, -0.1) is 0 Å². The number of hydrogen-bond donors (Lipinski definition) is 0. The number of anilines is 3. The first-order valence-corrected chi connectivity index (χ1v) is 14.2. The zero-order chi connectivity index (χ0) is 27.8. The van der Waals surface area contributed by atoms with Gasteiger partial charge in [0.15, 0.2) is 11.5 Å². The molecule has 1 aromatic heterocycles. The highest BCUT2D eigenvalue weighted by molar-refractivity contribution is 6.10. The van der Waals surface area contributed by atoms with Crippen molar-refractivity contribution in [3.63, 3.8) is 0 Å². The van der Waals surface area contributed by atoms with Crippen molar-refractivity contribution in [3.8, 4) is 28.3 Å². The molecule has 0 spiro atoms. The summed E-state index contributed by atoms with van der Waals surface area (Å²) in [5, 5.41) is 2.52. The van der Waals surface area contributed by atoms with Gasteiger partial charge in [0.1, 0.15) is 0 Å². The first kappa shape index (κ1) is 24.7. The minimum absolute atomic E-state index is 0.862. The topological polar surface area (TPSA) is 17.4 Å². The van der Waals surface area contributed by atoms with Crippen LogP contribution in [0.3, 0.4) is 0 Å². The van der Waals surface area contributed by atoms with Gasteiger partial charge in [-0.25, -0.2) is 0 Å². The maximum Gasteiger partial charge on any atom is 0.151 e. The Kier molecular flexibility index (Phi) is 6.25. The molecule has 6 aromatic carbocycles. The molecule has 0 N–H and O–H groups in total. The van der Waals surface area contributed by atoms with Gasteiger partial charge in [0, 0.05) is 22.1 Å². The number of hydrogen-bond acceptors (Lipinski definition) is 2. The zero-order valence-electron chi connectivity index (χ0n) is 23.2. The van der Waals surface area contributed by atoms with Crippen molar-refractivity contribution >= 4 is 38.9 Å². The second-order valence-electron chi connectivity index (χ2n) is 9.84. The molecule has 0 atom stereocenters. The van der Waals surface area contributed by atoms with Crippen LogP contribution >= 0.6 is 0 Å². The molecule has 1 aliphatic rings. The standard InChI is InChI=1S/C36H24N2O.C2H6/c1-2-10-27(11-3-1)37-31-13-5-4-12-29(31)30-24-26(20-23-32(30)37)25-18-21-28(22-19-25)38-33-14-6-8-16-35(33)39-36-17-9-7-15-34(36)38;1-2/h1-24H;1-2H3. The van der Waals surface area contributed by atoms with Crippen molar-refractivity contribution in [2.45, 2.75) is 13.8 Å². The van der Waals surface area contributed by atoms with Crippen LogP contribution in [0.25, 0.3) is 38.6 Å². The number of aromatic nitrogens is 1. The number of ether oxygens (including phenoxy) is 1. The Labute approximate surface area is 240 Å². The van der Waals surface area contributed by atoms with E-state index in [1.54, 1.807) is 0 Å².